The Hall–Kier alpha value is -1.33. The van der Waals surface area contributed by atoms with E-state index in [9.17, 15) is 9.18 Å². The Morgan fingerprint density at radius 1 is 1.47 bits per heavy atom. The average Bonchev–Trinajstić information content (AvgIpc) is 2.31. The number of carbonyl (C=O) groups is 1. The summed E-state index contributed by atoms with van der Waals surface area (Å²) < 4.78 is 18.6. The van der Waals surface area contributed by atoms with Gasteiger partial charge in [-0.2, -0.15) is 0 Å². The molecule has 19 heavy (non-hydrogen) atoms. The van der Waals surface area contributed by atoms with Gasteiger partial charge in [-0.25, -0.2) is 4.39 Å². The quantitative estimate of drug-likeness (QED) is 0.876. The average molecular weight is 291 g/mol. The maximum Gasteiger partial charge on any atom is 0.241 e. The van der Waals surface area contributed by atoms with E-state index in [0.717, 1.165) is 0 Å². The highest BCUT2D eigenvalue weighted by atomic mass is 35.5. The summed E-state index contributed by atoms with van der Waals surface area (Å²) in [7, 11) is 0. The lowest BCUT2D eigenvalue weighted by atomic mass is 10.0. The Kier molecular flexibility index (Phi) is 7.41. The predicted molar refractivity (Wildman–Crippen MR) is 76.3 cm³/mol. The molecule has 0 unspecified atom stereocenters. The summed E-state index contributed by atoms with van der Waals surface area (Å²) in [6.45, 7) is 5.86. The fourth-order valence-electron chi connectivity index (χ4n) is 1.38. The molecule has 1 amide bonds. The molecule has 0 radical (unpaired) electrons. The van der Waals surface area contributed by atoms with E-state index in [2.05, 4.69) is 5.32 Å². The summed E-state index contributed by atoms with van der Waals surface area (Å²) >= 11 is 0. The van der Waals surface area contributed by atoms with Crippen LogP contribution in [0.3, 0.4) is 0 Å². The van der Waals surface area contributed by atoms with Gasteiger partial charge in [-0.1, -0.05) is 13.8 Å². The van der Waals surface area contributed by atoms with Crippen molar-refractivity contribution < 1.29 is 13.9 Å². The molecule has 0 aliphatic carbocycles. The first-order chi connectivity index (χ1) is 8.45. The third kappa shape index (κ3) is 5.04. The molecule has 1 rings (SSSR count). The van der Waals surface area contributed by atoms with Crippen LogP contribution in [0.2, 0.25) is 0 Å². The van der Waals surface area contributed by atoms with Gasteiger partial charge in [-0.15, -0.1) is 12.4 Å². The van der Waals surface area contributed by atoms with Gasteiger partial charge in [0.2, 0.25) is 5.91 Å². The van der Waals surface area contributed by atoms with Crippen LogP contribution in [0.25, 0.3) is 0 Å². The lowest BCUT2D eigenvalue weighted by Gasteiger charge is -2.15. The van der Waals surface area contributed by atoms with Crippen molar-refractivity contribution in [3.05, 3.63) is 24.0 Å². The lowest BCUT2D eigenvalue weighted by molar-refractivity contribution is -0.118. The smallest absolute Gasteiger partial charge is 0.241 e. The summed E-state index contributed by atoms with van der Waals surface area (Å²) in [6.07, 6.45) is 0. The third-order valence-electron chi connectivity index (χ3n) is 2.52. The molecule has 0 fully saturated rings. The number of benzene rings is 1. The van der Waals surface area contributed by atoms with Gasteiger partial charge in [0.05, 0.1) is 12.6 Å². The maximum atomic E-state index is 13.5. The fourth-order valence-corrected chi connectivity index (χ4v) is 1.38. The number of nitrogens with one attached hydrogen (secondary N) is 1. The van der Waals surface area contributed by atoms with Crippen LogP contribution < -0.4 is 15.8 Å². The fraction of sp³-hybridized carbons (Fsp3) is 0.462. The molecule has 108 valence electrons. The second-order valence-electron chi connectivity index (χ2n) is 4.34. The zero-order valence-corrected chi connectivity index (χ0v) is 12.1. The van der Waals surface area contributed by atoms with Gasteiger partial charge in [0, 0.05) is 11.8 Å². The van der Waals surface area contributed by atoms with Crippen molar-refractivity contribution in [1.29, 1.82) is 0 Å². The highest BCUT2D eigenvalue weighted by Gasteiger charge is 2.17. The van der Waals surface area contributed by atoms with Gasteiger partial charge in [-0.3, -0.25) is 4.79 Å². The van der Waals surface area contributed by atoms with Crippen molar-refractivity contribution in [2.24, 2.45) is 11.7 Å². The molecular formula is C13H20ClFN2O2. The molecule has 1 aromatic rings. The van der Waals surface area contributed by atoms with Crippen LogP contribution in [0.1, 0.15) is 20.8 Å². The first kappa shape index (κ1) is 17.7. The number of hydrogen-bond acceptors (Lipinski definition) is 3. The first-order valence-corrected chi connectivity index (χ1v) is 5.94. The molecule has 0 aliphatic heterocycles. The number of hydrogen-bond donors (Lipinski definition) is 2. The Morgan fingerprint density at radius 3 is 2.58 bits per heavy atom. The van der Waals surface area contributed by atoms with Crippen LogP contribution in [0.4, 0.5) is 10.1 Å². The first-order valence-electron chi connectivity index (χ1n) is 5.94. The molecule has 1 aromatic carbocycles. The van der Waals surface area contributed by atoms with E-state index >= 15 is 0 Å². The summed E-state index contributed by atoms with van der Waals surface area (Å²) in [5.74, 6) is -0.637. The highest BCUT2D eigenvalue weighted by Crippen LogP contribution is 2.21. The van der Waals surface area contributed by atoms with E-state index in [1.807, 2.05) is 13.8 Å². The monoisotopic (exact) mass is 290 g/mol. The Morgan fingerprint density at radius 2 is 2.11 bits per heavy atom. The standard InChI is InChI=1S/C13H19FN2O2.ClH/c1-4-18-11-6-5-9(7-10(11)14)16-13(17)12(15)8(2)3;/h5-8,12H,4,15H2,1-3H3,(H,16,17);1H/t12-;/m1./s1. The van der Waals surface area contributed by atoms with Crippen LogP contribution in [0.15, 0.2) is 18.2 Å². The molecular weight excluding hydrogens is 271 g/mol. The van der Waals surface area contributed by atoms with Gasteiger partial charge >= 0.3 is 0 Å². The van der Waals surface area contributed by atoms with Crippen LogP contribution >= 0.6 is 12.4 Å². The number of rotatable bonds is 5. The van der Waals surface area contributed by atoms with E-state index in [1.165, 1.54) is 12.1 Å². The topological polar surface area (TPSA) is 64.3 Å². The summed E-state index contributed by atoms with van der Waals surface area (Å²) in [6, 6.07) is 3.67. The third-order valence-corrected chi connectivity index (χ3v) is 2.52. The Bertz CT molecular complexity index is 427. The number of nitrogens with two attached hydrogens (primary N) is 1. The molecule has 6 heteroatoms. The Balaban J connectivity index is 0.00000324. The lowest BCUT2D eigenvalue weighted by Crippen LogP contribution is -2.39. The van der Waals surface area contributed by atoms with Crippen LogP contribution in [0, 0.1) is 11.7 Å². The molecule has 4 nitrogen and oxygen atoms in total. The minimum atomic E-state index is -0.611. The van der Waals surface area contributed by atoms with Gasteiger partial charge in [0.25, 0.3) is 0 Å². The number of halogens is 2. The molecule has 0 saturated heterocycles. The molecule has 3 N–H and O–H groups in total. The van der Waals surface area contributed by atoms with Crippen molar-refractivity contribution in [2.75, 3.05) is 11.9 Å². The van der Waals surface area contributed by atoms with Crippen LogP contribution in [-0.2, 0) is 4.79 Å². The van der Waals surface area contributed by atoms with Gasteiger partial charge in [0.1, 0.15) is 0 Å². The van der Waals surface area contributed by atoms with E-state index in [0.29, 0.717) is 12.3 Å². The van der Waals surface area contributed by atoms with Crippen LogP contribution in [0.5, 0.6) is 5.75 Å². The van der Waals surface area contributed by atoms with E-state index in [-0.39, 0.29) is 30.0 Å². The second-order valence-corrected chi connectivity index (χ2v) is 4.34. The highest BCUT2D eigenvalue weighted by molar-refractivity contribution is 5.94. The minimum absolute atomic E-state index is 0. The number of anilines is 1. The van der Waals surface area contributed by atoms with Gasteiger partial charge < -0.3 is 15.8 Å². The Labute approximate surface area is 118 Å². The van der Waals surface area contributed by atoms with Crippen molar-refractivity contribution in [1.82, 2.24) is 0 Å². The number of amides is 1. The molecule has 0 bridgehead atoms. The number of ether oxygens (including phenoxy) is 1. The van der Waals surface area contributed by atoms with Crippen molar-refractivity contribution in [3.8, 4) is 5.75 Å². The van der Waals surface area contributed by atoms with Crippen molar-refractivity contribution >= 4 is 24.0 Å². The summed E-state index contributed by atoms with van der Waals surface area (Å²) in [5, 5.41) is 2.57. The van der Waals surface area contributed by atoms with E-state index in [4.69, 9.17) is 10.5 Å². The maximum absolute atomic E-state index is 13.5. The number of carbonyl (C=O) groups excluding carboxylic acids is 1. The molecule has 1 atom stereocenters. The molecule has 0 saturated carbocycles. The van der Waals surface area contributed by atoms with Gasteiger partial charge in [0.15, 0.2) is 11.6 Å². The van der Waals surface area contributed by atoms with Gasteiger partial charge in [-0.05, 0) is 25.0 Å². The molecule has 0 aliphatic rings. The van der Waals surface area contributed by atoms with E-state index in [1.54, 1.807) is 13.0 Å². The van der Waals surface area contributed by atoms with Crippen molar-refractivity contribution in [2.45, 2.75) is 26.8 Å². The molecule has 0 spiro atoms. The second kappa shape index (κ2) is 7.96. The van der Waals surface area contributed by atoms with Crippen molar-refractivity contribution in [3.63, 3.8) is 0 Å². The predicted octanol–water partition coefficient (Wildman–Crippen LogP) is 2.57. The zero-order valence-electron chi connectivity index (χ0n) is 11.3. The van der Waals surface area contributed by atoms with E-state index < -0.39 is 11.9 Å². The minimum Gasteiger partial charge on any atom is -0.491 e. The normalized spacial score (nSPS) is 11.7. The van der Waals surface area contributed by atoms with Crippen LogP contribution in [-0.4, -0.2) is 18.6 Å². The molecule has 0 aromatic heterocycles. The SMILES string of the molecule is CCOc1ccc(NC(=O)[C@H](N)C(C)C)cc1F.Cl. The molecule has 0 heterocycles. The largest absolute Gasteiger partial charge is 0.491 e. The summed E-state index contributed by atoms with van der Waals surface area (Å²) in [4.78, 5) is 11.7. The zero-order chi connectivity index (χ0) is 13.7. The summed E-state index contributed by atoms with van der Waals surface area (Å²) in [5.41, 5.74) is 6.07.